The van der Waals surface area contributed by atoms with E-state index in [-0.39, 0.29) is 29.3 Å². The largest absolute Gasteiger partial charge is 0.444 e. The third-order valence-corrected chi connectivity index (χ3v) is 12.5. The molecule has 1 aromatic rings. The van der Waals surface area contributed by atoms with Crippen LogP contribution in [0.5, 0.6) is 0 Å². The Morgan fingerprint density at radius 2 is 1.78 bits per heavy atom. The van der Waals surface area contributed by atoms with E-state index in [4.69, 9.17) is 20.8 Å². The maximum Gasteiger partial charge on any atom is 0.410 e. The molecule has 0 radical (unpaired) electrons. The van der Waals surface area contributed by atoms with Gasteiger partial charge in [-0.2, -0.15) is 0 Å². The molecule has 2 saturated heterocycles. The minimum absolute atomic E-state index is 0.185. The van der Waals surface area contributed by atoms with E-state index < -0.39 is 13.9 Å². The first kappa shape index (κ1) is 29.0. The fourth-order valence-electron chi connectivity index (χ4n) is 4.82. The van der Waals surface area contributed by atoms with Crippen LogP contribution < -0.4 is 10.2 Å². The first-order valence-corrected chi connectivity index (χ1v) is 16.5. The van der Waals surface area contributed by atoms with Gasteiger partial charge in [0.05, 0.1) is 5.69 Å². The summed E-state index contributed by atoms with van der Waals surface area (Å²) in [6.45, 7) is 18.7. The fourth-order valence-corrected chi connectivity index (χ4v) is 6.05. The number of carbonyl (C=O) groups excluding carboxylic acids is 1. The van der Waals surface area contributed by atoms with Crippen LogP contribution in [0.1, 0.15) is 73.6 Å². The molecular formula is C26H46ClN5O3Si. The number of carbonyl (C=O) groups is 1. The molecular weight excluding hydrogens is 494 g/mol. The lowest BCUT2D eigenvalue weighted by Gasteiger charge is -2.40. The summed E-state index contributed by atoms with van der Waals surface area (Å²) in [6, 6.07) is 2.46. The smallest absolute Gasteiger partial charge is 0.410 e. The highest BCUT2D eigenvalue weighted by Crippen LogP contribution is 2.39. The Morgan fingerprint density at radius 3 is 2.33 bits per heavy atom. The number of fused-ring (bicyclic) bond motifs is 2. The number of ether oxygens (including phenoxy) is 1. The van der Waals surface area contributed by atoms with Gasteiger partial charge in [0, 0.05) is 44.4 Å². The standard InChI is InChI=1S/C26H46ClN5O3Si/c1-25(2,3)35-24(33)32-19-11-12-20(32)16-18(15-19)28-23-21(17-22(27)29-30-23)31(7)13-10-14-34-36(8,9)26(4,5)6/h17-20H,10-16H2,1-9H3,(H,28,30)/t18-,19-,20+. The second-order valence-electron chi connectivity index (χ2n) is 12.9. The summed E-state index contributed by atoms with van der Waals surface area (Å²) < 4.78 is 12.0. The summed E-state index contributed by atoms with van der Waals surface area (Å²) in [6.07, 6.45) is 4.47. The van der Waals surface area contributed by atoms with Gasteiger partial charge in [-0.15, -0.1) is 10.2 Å². The highest BCUT2D eigenvalue weighted by Gasteiger charge is 2.45. The molecule has 0 saturated carbocycles. The van der Waals surface area contributed by atoms with Crippen LogP contribution in [0.3, 0.4) is 0 Å². The zero-order valence-electron chi connectivity index (χ0n) is 23.7. The van der Waals surface area contributed by atoms with Gasteiger partial charge in [-0.25, -0.2) is 4.79 Å². The Labute approximate surface area is 223 Å². The van der Waals surface area contributed by atoms with E-state index in [0.717, 1.165) is 56.8 Å². The first-order valence-electron chi connectivity index (χ1n) is 13.2. The van der Waals surface area contributed by atoms with Gasteiger partial charge in [0.2, 0.25) is 0 Å². The van der Waals surface area contributed by atoms with Crippen molar-refractivity contribution in [2.24, 2.45) is 0 Å². The van der Waals surface area contributed by atoms with Crippen molar-refractivity contribution < 1.29 is 14.0 Å². The van der Waals surface area contributed by atoms with Gasteiger partial charge in [-0.3, -0.25) is 0 Å². The predicted octanol–water partition coefficient (Wildman–Crippen LogP) is 6.32. The SMILES string of the molecule is CN(CCCO[Si](C)(C)C(C)(C)C)c1cc(Cl)nnc1N[C@@H]1C[C@H]2CC[C@@H](C1)N2C(=O)OC(C)(C)C. The van der Waals surface area contributed by atoms with Gasteiger partial charge in [0.15, 0.2) is 19.3 Å². The van der Waals surface area contributed by atoms with Crippen LogP contribution >= 0.6 is 11.6 Å². The van der Waals surface area contributed by atoms with E-state index in [1.165, 1.54) is 0 Å². The highest BCUT2D eigenvalue weighted by atomic mass is 35.5. The summed E-state index contributed by atoms with van der Waals surface area (Å²) in [5.41, 5.74) is 0.448. The Kier molecular flexibility index (Phi) is 8.88. The van der Waals surface area contributed by atoms with Crippen LogP contribution in [0.25, 0.3) is 0 Å². The van der Waals surface area contributed by atoms with Gasteiger partial charge in [0.25, 0.3) is 0 Å². The van der Waals surface area contributed by atoms with Crippen molar-refractivity contribution in [3.63, 3.8) is 0 Å². The number of piperidine rings is 1. The molecule has 2 aliphatic heterocycles. The van der Waals surface area contributed by atoms with Crippen molar-refractivity contribution in [3.8, 4) is 0 Å². The minimum Gasteiger partial charge on any atom is -0.444 e. The molecule has 2 fully saturated rings. The number of halogens is 1. The molecule has 0 aliphatic carbocycles. The van der Waals surface area contributed by atoms with Crippen molar-refractivity contribution in [1.29, 1.82) is 0 Å². The van der Waals surface area contributed by atoms with Crippen LogP contribution in [0.2, 0.25) is 23.3 Å². The molecule has 1 amide bonds. The van der Waals surface area contributed by atoms with Gasteiger partial charge >= 0.3 is 6.09 Å². The van der Waals surface area contributed by atoms with E-state index in [1.54, 1.807) is 0 Å². The van der Waals surface area contributed by atoms with E-state index in [9.17, 15) is 4.79 Å². The molecule has 0 aromatic carbocycles. The Hall–Kier alpha value is -1.58. The Morgan fingerprint density at radius 1 is 1.17 bits per heavy atom. The van der Waals surface area contributed by atoms with Gasteiger partial charge in [-0.05, 0) is 71.0 Å². The second-order valence-corrected chi connectivity index (χ2v) is 18.1. The molecule has 1 aromatic heterocycles. The average molecular weight is 540 g/mol. The Bertz CT molecular complexity index is 904. The van der Waals surface area contributed by atoms with Crippen LogP contribution in [0, 0.1) is 0 Å². The van der Waals surface area contributed by atoms with Gasteiger partial charge in [0.1, 0.15) is 5.60 Å². The summed E-state index contributed by atoms with van der Waals surface area (Å²) >= 11 is 6.23. The number of rotatable bonds is 8. The number of hydrogen-bond donors (Lipinski definition) is 1. The maximum atomic E-state index is 12.8. The number of amides is 1. The van der Waals surface area contributed by atoms with Crippen molar-refractivity contribution >= 4 is 37.5 Å². The van der Waals surface area contributed by atoms with Crippen molar-refractivity contribution in [3.05, 3.63) is 11.2 Å². The van der Waals surface area contributed by atoms with Crippen LogP contribution in [-0.4, -0.2) is 73.4 Å². The third-order valence-electron chi connectivity index (χ3n) is 7.74. The number of nitrogens with zero attached hydrogens (tertiary/aromatic N) is 4. The lowest BCUT2D eigenvalue weighted by atomic mass is 9.97. The summed E-state index contributed by atoms with van der Waals surface area (Å²) in [5, 5.41) is 12.7. The van der Waals surface area contributed by atoms with Crippen molar-refractivity contribution in [1.82, 2.24) is 15.1 Å². The summed E-state index contributed by atoms with van der Waals surface area (Å²) in [5.74, 6) is 0.738. The maximum absolute atomic E-state index is 12.8. The first-order chi connectivity index (χ1) is 16.6. The molecule has 3 atom stereocenters. The molecule has 8 nitrogen and oxygen atoms in total. The van der Waals surface area contributed by atoms with E-state index in [0.29, 0.717) is 5.15 Å². The molecule has 10 heteroatoms. The van der Waals surface area contributed by atoms with E-state index in [1.807, 2.05) is 31.7 Å². The fraction of sp³-hybridized carbons (Fsp3) is 0.808. The monoisotopic (exact) mass is 539 g/mol. The van der Waals surface area contributed by atoms with Gasteiger partial charge in [-0.1, -0.05) is 32.4 Å². The van der Waals surface area contributed by atoms with E-state index >= 15 is 0 Å². The van der Waals surface area contributed by atoms with Crippen LogP contribution in [-0.2, 0) is 9.16 Å². The Balaban J connectivity index is 1.60. The number of hydrogen-bond acceptors (Lipinski definition) is 7. The molecule has 3 heterocycles. The molecule has 0 unspecified atom stereocenters. The summed E-state index contributed by atoms with van der Waals surface area (Å²) in [4.78, 5) is 16.9. The molecule has 2 bridgehead atoms. The van der Waals surface area contributed by atoms with E-state index in [2.05, 4.69) is 61.3 Å². The third kappa shape index (κ3) is 7.25. The topological polar surface area (TPSA) is 79.8 Å². The lowest BCUT2D eigenvalue weighted by molar-refractivity contribution is 0.00682. The molecule has 3 rings (SSSR count). The normalized spacial score (nSPS) is 22.5. The lowest BCUT2D eigenvalue weighted by Crippen LogP contribution is -2.51. The molecule has 0 spiro atoms. The number of aromatic nitrogens is 2. The van der Waals surface area contributed by atoms with Gasteiger partial charge < -0.3 is 24.3 Å². The predicted molar refractivity (Wildman–Crippen MR) is 150 cm³/mol. The molecule has 204 valence electrons. The second kappa shape index (κ2) is 11.0. The van der Waals surface area contributed by atoms with Crippen LogP contribution in [0.4, 0.5) is 16.3 Å². The minimum atomic E-state index is -1.75. The average Bonchev–Trinajstić information content (AvgIpc) is 3.01. The molecule has 1 N–H and O–H groups in total. The number of anilines is 2. The van der Waals surface area contributed by atoms with Crippen molar-refractivity contribution in [2.45, 2.75) is 116 Å². The molecule has 2 aliphatic rings. The number of nitrogens with one attached hydrogen (secondary N) is 1. The quantitative estimate of drug-likeness (QED) is 0.306. The molecule has 36 heavy (non-hydrogen) atoms. The zero-order chi connectivity index (χ0) is 26.9. The summed E-state index contributed by atoms with van der Waals surface area (Å²) in [7, 11) is 0.304. The zero-order valence-corrected chi connectivity index (χ0v) is 25.4. The highest BCUT2D eigenvalue weighted by molar-refractivity contribution is 6.74. The van der Waals surface area contributed by atoms with Crippen LogP contribution in [0.15, 0.2) is 6.07 Å². The van der Waals surface area contributed by atoms with Crippen molar-refractivity contribution in [2.75, 3.05) is 30.4 Å².